The minimum absolute atomic E-state index is 0.238. The molecule has 138 valence electrons. The maximum absolute atomic E-state index is 13.1. The predicted octanol–water partition coefficient (Wildman–Crippen LogP) is 3.46. The number of fused-ring (bicyclic) bond motifs is 1. The van der Waals surface area contributed by atoms with Crippen LogP contribution >= 0.6 is 0 Å². The van der Waals surface area contributed by atoms with E-state index in [0.29, 0.717) is 11.2 Å². The third-order valence-corrected chi connectivity index (χ3v) is 4.01. The normalized spacial score (nSPS) is 13.2. The van der Waals surface area contributed by atoms with Crippen molar-refractivity contribution in [1.82, 2.24) is 29.7 Å². The molecular weight excluding hydrogens is 361 g/mol. The van der Waals surface area contributed by atoms with E-state index in [4.69, 9.17) is 0 Å². The summed E-state index contributed by atoms with van der Waals surface area (Å²) in [5.74, 6) is 0.248. The van der Waals surface area contributed by atoms with Crippen LogP contribution in [0, 0.1) is 0 Å². The Balaban J connectivity index is 1.72. The number of imidazole rings is 1. The standard InChI is InChI=1S/C17H13F3N6O/c1-27-15(17(18,19)20)12-3-2-4-13(25-12)26-8-10(7-24-26)11-5-6-21-16-14(11)22-9-23-16/h2-9,15H,1H3,(H,21,22,23). The molecule has 4 heterocycles. The van der Waals surface area contributed by atoms with Crippen LogP contribution < -0.4 is 0 Å². The fourth-order valence-corrected chi connectivity index (χ4v) is 2.80. The van der Waals surface area contributed by atoms with E-state index < -0.39 is 12.3 Å². The van der Waals surface area contributed by atoms with Crippen LogP contribution in [-0.2, 0) is 4.74 Å². The molecule has 4 aromatic rings. The number of hydrogen-bond donors (Lipinski definition) is 1. The van der Waals surface area contributed by atoms with Gasteiger partial charge >= 0.3 is 6.18 Å². The van der Waals surface area contributed by atoms with Crippen LogP contribution in [0.4, 0.5) is 13.2 Å². The number of aromatic amines is 1. The summed E-state index contributed by atoms with van der Waals surface area (Å²) in [6.07, 6.45) is -0.216. The van der Waals surface area contributed by atoms with Gasteiger partial charge in [-0.3, -0.25) is 0 Å². The van der Waals surface area contributed by atoms with Gasteiger partial charge in [0.15, 0.2) is 17.6 Å². The molecule has 0 aliphatic rings. The van der Waals surface area contributed by atoms with Crippen LogP contribution in [-0.4, -0.2) is 43.0 Å². The lowest BCUT2D eigenvalue weighted by Crippen LogP contribution is -2.23. The number of H-pyrrole nitrogens is 1. The van der Waals surface area contributed by atoms with Gasteiger partial charge in [-0.25, -0.2) is 19.6 Å². The van der Waals surface area contributed by atoms with Crippen molar-refractivity contribution in [2.75, 3.05) is 7.11 Å². The predicted molar refractivity (Wildman–Crippen MR) is 90.0 cm³/mol. The Morgan fingerprint density at radius 3 is 2.81 bits per heavy atom. The van der Waals surface area contributed by atoms with E-state index in [-0.39, 0.29) is 11.5 Å². The summed E-state index contributed by atoms with van der Waals surface area (Å²) < 4.78 is 45.2. The van der Waals surface area contributed by atoms with Gasteiger partial charge in [0, 0.05) is 30.6 Å². The Hall–Kier alpha value is -3.27. The van der Waals surface area contributed by atoms with Crippen molar-refractivity contribution in [2.24, 2.45) is 0 Å². The highest BCUT2D eigenvalue weighted by molar-refractivity contribution is 5.88. The first-order valence-electron chi connectivity index (χ1n) is 7.87. The average Bonchev–Trinajstić information content (AvgIpc) is 3.30. The molecular formula is C17H13F3N6O. The molecule has 7 nitrogen and oxygen atoms in total. The molecule has 0 bridgehead atoms. The summed E-state index contributed by atoms with van der Waals surface area (Å²) in [5.41, 5.74) is 2.61. The first kappa shape index (κ1) is 17.2. The summed E-state index contributed by atoms with van der Waals surface area (Å²) in [5, 5.41) is 4.22. The fourth-order valence-electron chi connectivity index (χ4n) is 2.80. The summed E-state index contributed by atoms with van der Waals surface area (Å²) in [4.78, 5) is 15.4. The zero-order valence-electron chi connectivity index (χ0n) is 14.0. The number of rotatable bonds is 4. The first-order chi connectivity index (χ1) is 13.0. The number of nitrogens with zero attached hydrogens (tertiary/aromatic N) is 5. The third-order valence-electron chi connectivity index (χ3n) is 4.01. The van der Waals surface area contributed by atoms with Crippen molar-refractivity contribution in [3.05, 3.63) is 54.9 Å². The summed E-state index contributed by atoms with van der Waals surface area (Å²) in [7, 11) is 0.997. The van der Waals surface area contributed by atoms with Crippen molar-refractivity contribution in [2.45, 2.75) is 12.3 Å². The zero-order valence-corrected chi connectivity index (χ0v) is 14.0. The number of halogens is 3. The van der Waals surface area contributed by atoms with Crippen LogP contribution in [0.1, 0.15) is 11.8 Å². The highest BCUT2D eigenvalue weighted by Gasteiger charge is 2.42. The van der Waals surface area contributed by atoms with Gasteiger partial charge in [0.2, 0.25) is 0 Å². The number of pyridine rings is 2. The van der Waals surface area contributed by atoms with Crippen molar-refractivity contribution in [3.8, 4) is 16.9 Å². The SMILES string of the molecule is COC(c1cccc(-n2cc(-c3ccnc4[nH]cnc34)cn2)n1)C(F)(F)F. The number of hydrogen-bond acceptors (Lipinski definition) is 5. The average molecular weight is 374 g/mol. The fraction of sp³-hybridized carbons (Fsp3) is 0.176. The van der Waals surface area contributed by atoms with Crippen molar-refractivity contribution in [3.63, 3.8) is 0 Å². The molecule has 0 radical (unpaired) electrons. The second kappa shape index (κ2) is 6.47. The maximum Gasteiger partial charge on any atom is 0.420 e. The molecule has 4 aromatic heterocycles. The molecule has 0 amide bonds. The highest BCUT2D eigenvalue weighted by Crippen LogP contribution is 2.34. The molecule has 10 heteroatoms. The van der Waals surface area contributed by atoms with Crippen molar-refractivity contribution >= 4 is 11.2 Å². The molecule has 1 atom stereocenters. The minimum atomic E-state index is -4.56. The molecule has 0 aliphatic heterocycles. The van der Waals surface area contributed by atoms with E-state index in [9.17, 15) is 13.2 Å². The van der Waals surface area contributed by atoms with Crippen LogP contribution in [0.5, 0.6) is 0 Å². The van der Waals surface area contributed by atoms with E-state index in [0.717, 1.165) is 18.2 Å². The molecule has 0 aromatic carbocycles. The molecule has 0 saturated heterocycles. The molecule has 1 N–H and O–H groups in total. The lowest BCUT2D eigenvalue weighted by Gasteiger charge is -2.18. The largest absolute Gasteiger partial charge is 0.420 e. The number of ether oxygens (including phenoxy) is 1. The van der Waals surface area contributed by atoms with Crippen LogP contribution in [0.2, 0.25) is 0 Å². The summed E-state index contributed by atoms with van der Waals surface area (Å²) in [6, 6.07) is 6.11. The maximum atomic E-state index is 13.1. The third kappa shape index (κ3) is 3.14. The summed E-state index contributed by atoms with van der Waals surface area (Å²) in [6.45, 7) is 0. The molecule has 0 spiro atoms. The Morgan fingerprint density at radius 2 is 2.04 bits per heavy atom. The lowest BCUT2D eigenvalue weighted by molar-refractivity contribution is -0.217. The Labute approximate surface area is 150 Å². The van der Waals surface area contributed by atoms with Crippen LogP contribution in [0.3, 0.4) is 0 Å². The van der Waals surface area contributed by atoms with Gasteiger partial charge in [-0.2, -0.15) is 18.3 Å². The minimum Gasteiger partial charge on any atom is -0.366 e. The van der Waals surface area contributed by atoms with E-state index in [1.165, 1.54) is 16.8 Å². The molecule has 0 saturated carbocycles. The Morgan fingerprint density at radius 1 is 1.19 bits per heavy atom. The molecule has 27 heavy (non-hydrogen) atoms. The molecule has 4 rings (SSSR count). The van der Waals surface area contributed by atoms with E-state index in [1.54, 1.807) is 37.1 Å². The van der Waals surface area contributed by atoms with Gasteiger partial charge in [0.25, 0.3) is 0 Å². The Bertz CT molecular complexity index is 1090. The number of alkyl halides is 3. The van der Waals surface area contributed by atoms with Crippen LogP contribution in [0.25, 0.3) is 28.1 Å². The van der Waals surface area contributed by atoms with Gasteiger partial charge in [-0.05, 0) is 18.2 Å². The number of aromatic nitrogens is 6. The van der Waals surface area contributed by atoms with E-state index >= 15 is 0 Å². The van der Waals surface area contributed by atoms with Crippen LogP contribution in [0.15, 0.2) is 49.2 Å². The van der Waals surface area contributed by atoms with Gasteiger partial charge < -0.3 is 9.72 Å². The number of nitrogens with one attached hydrogen (secondary N) is 1. The monoisotopic (exact) mass is 374 g/mol. The zero-order chi connectivity index (χ0) is 19.0. The number of methoxy groups -OCH3 is 1. The van der Waals surface area contributed by atoms with E-state index in [2.05, 4.69) is 29.8 Å². The molecule has 1 unspecified atom stereocenters. The highest BCUT2D eigenvalue weighted by atomic mass is 19.4. The van der Waals surface area contributed by atoms with Gasteiger partial charge in [0.1, 0.15) is 5.52 Å². The molecule has 0 aliphatic carbocycles. The van der Waals surface area contributed by atoms with Crippen molar-refractivity contribution < 1.29 is 17.9 Å². The van der Waals surface area contributed by atoms with E-state index in [1.807, 2.05) is 0 Å². The second-order valence-electron chi connectivity index (χ2n) is 5.71. The molecule has 0 fully saturated rings. The summed E-state index contributed by atoms with van der Waals surface area (Å²) >= 11 is 0. The lowest BCUT2D eigenvalue weighted by atomic mass is 10.1. The second-order valence-corrected chi connectivity index (χ2v) is 5.71. The quantitative estimate of drug-likeness (QED) is 0.592. The van der Waals surface area contributed by atoms with Gasteiger partial charge in [-0.15, -0.1) is 0 Å². The topological polar surface area (TPSA) is 81.5 Å². The smallest absolute Gasteiger partial charge is 0.366 e. The van der Waals surface area contributed by atoms with Crippen molar-refractivity contribution in [1.29, 1.82) is 0 Å². The first-order valence-corrected chi connectivity index (χ1v) is 7.87. The Kier molecular flexibility index (Phi) is 4.11. The van der Waals surface area contributed by atoms with Gasteiger partial charge in [0.05, 0.1) is 18.2 Å². The van der Waals surface area contributed by atoms with Gasteiger partial charge in [-0.1, -0.05) is 6.07 Å².